The first-order chi connectivity index (χ1) is 6.99. The molecule has 0 bridgehead atoms. The van der Waals surface area contributed by atoms with Crippen molar-refractivity contribution in [1.82, 2.24) is 4.72 Å². The highest BCUT2D eigenvalue weighted by atomic mass is 32.2. The van der Waals surface area contributed by atoms with Gasteiger partial charge in [-0.3, -0.25) is 0 Å². The molecule has 0 unspecified atom stereocenters. The Balaban J connectivity index is 2.61. The van der Waals surface area contributed by atoms with E-state index in [-0.39, 0.29) is 29.0 Å². The Morgan fingerprint density at radius 2 is 2.27 bits per heavy atom. The topological polar surface area (TPSA) is 75.6 Å². The van der Waals surface area contributed by atoms with Gasteiger partial charge in [0.15, 0.2) is 0 Å². The van der Waals surface area contributed by atoms with E-state index in [0.717, 1.165) is 0 Å². The first-order valence-corrected chi connectivity index (χ1v) is 5.97. The maximum absolute atomic E-state index is 11.7. The molecule has 1 aromatic rings. The monoisotopic (exact) mass is 229 g/mol. The summed E-state index contributed by atoms with van der Waals surface area (Å²) < 4.78 is 31.1. The van der Waals surface area contributed by atoms with Crippen molar-refractivity contribution >= 4 is 10.0 Å². The Bertz CT molecular complexity index is 483. The van der Waals surface area contributed by atoms with Gasteiger partial charge in [-0.2, -0.15) is 0 Å². The molecule has 0 radical (unpaired) electrons. The van der Waals surface area contributed by atoms with E-state index in [2.05, 4.69) is 4.72 Å². The number of rotatable bonds is 0. The van der Waals surface area contributed by atoms with Gasteiger partial charge in [-0.05, 0) is 19.1 Å². The molecule has 0 spiro atoms. The standard InChI is InChI=1S/C9H11NO4S/c1-6-5-10-15(12,13)9-3-2-7(11)4-8(9)14-6/h2-4,6,10-11H,5H2,1H3/t6-/m1/s1. The Kier molecular flexibility index (Phi) is 2.32. The molecule has 0 saturated heterocycles. The molecule has 82 valence electrons. The number of phenols is 1. The van der Waals surface area contributed by atoms with Crippen molar-refractivity contribution in [3.8, 4) is 11.5 Å². The highest BCUT2D eigenvalue weighted by molar-refractivity contribution is 7.89. The zero-order valence-electron chi connectivity index (χ0n) is 8.10. The third kappa shape index (κ3) is 1.91. The molecule has 0 aliphatic carbocycles. The lowest BCUT2D eigenvalue weighted by Crippen LogP contribution is -2.29. The summed E-state index contributed by atoms with van der Waals surface area (Å²) in [5.41, 5.74) is 0. The van der Waals surface area contributed by atoms with Crippen molar-refractivity contribution < 1.29 is 18.3 Å². The zero-order chi connectivity index (χ0) is 11.1. The van der Waals surface area contributed by atoms with Gasteiger partial charge in [0.2, 0.25) is 10.0 Å². The molecule has 1 heterocycles. The summed E-state index contributed by atoms with van der Waals surface area (Å²) >= 11 is 0. The smallest absolute Gasteiger partial charge is 0.244 e. The minimum absolute atomic E-state index is 0.0157. The van der Waals surface area contributed by atoms with Gasteiger partial charge in [-0.25, -0.2) is 13.1 Å². The van der Waals surface area contributed by atoms with Gasteiger partial charge in [0.1, 0.15) is 22.5 Å². The molecular formula is C9H11NO4S. The van der Waals surface area contributed by atoms with E-state index in [0.29, 0.717) is 0 Å². The van der Waals surface area contributed by atoms with E-state index in [9.17, 15) is 13.5 Å². The van der Waals surface area contributed by atoms with Gasteiger partial charge >= 0.3 is 0 Å². The molecule has 0 saturated carbocycles. The van der Waals surface area contributed by atoms with Crippen molar-refractivity contribution in [2.24, 2.45) is 0 Å². The molecule has 0 amide bonds. The summed E-state index contributed by atoms with van der Waals surface area (Å²) in [6.07, 6.45) is -0.261. The van der Waals surface area contributed by atoms with Crippen LogP contribution in [-0.2, 0) is 10.0 Å². The second kappa shape index (κ2) is 3.39. The lowest BCUT2D eigenvalue weighted by molar-refractivity contribution is 0.223. The van der Waals surface area contributed by atoms with E-state index in [1.165, 1.54) is 18.2 Å². The van der Waals surface area contributed by atoms with Gasteiger partial charge in [0, 0.05) is 12.6 Å². The fourth-order valence-corrected chi connectivity index (χ4v) is 2.60. The Hall–Kier alpha value is -1.27. The second-order valence-electron chi connectivity index (χ2n) is 3.41. The van der Waals surface area contributed by atoms with Crippen LogP contribution in [0.1, 0.15) is 6.92 Å². The normalized spacial score (nSPS) is 23.7. The van der Waals surface area contributed by atoms with Crippen LogP contribution in [0.4, 0.5) is 0 Å². The van der Waals surface area contributed by atoms with E-state index in [1.54, 1.807) is 6.92 Å². The van der Waals surface area contributed by atoms with Crippen LogP contribution < -0.4 is 9.46 Å². The molecule has 2 rings (SSSR count). The van der Waals surface area contributed by atoms with E-state index in [1.807, 2.05) is 0 Å². The summed E-state index contributed by atoms with van der Waals surface area (Å²) in [7, 11) is -3.51. The summed E-state index contributed by atoms with van der Waals surface area (Å²) in [5.74, 6) is 0.172. The third-order valence-electron chi connectivity index (χ3n) is 2.11. The summed E-state index contributed by atoms with van der Waals surface area (Å²) in [6.45, 7) is 1.97. The second-order valence-corrected chi connectivity index (χ2v) is 5.15. The molecular weight excluding hydrogens is 218 g/mol. The van der Waals surface area contributed by atoms with Gasteiger partial charge in [-0.15, -0.1) is 0 Å². The Morgan fingerprint density at radius 1 is 1.53 bits per heavy atom. The number of ether oxygens (including phenoxy) is 1. The van der Waals surface area contributed by atoms with Gasteiger partial charge < -0.3 is 9.84 Å². The molecule has 2 N–H and O–H groups in total. The van der Waals surface area contributed by atoms with Crippen molar-refractivity contribution in [3.05, 3.63) is 18.2 Å². The third-order valence-corrected chi connectivity index (χ3v) is 3.57. The van der Waals surface area contributed by atoms with Crippen LogP contribution in [0.2, 0.25) is 0 Å². The molecule has 1 aliphatic rings. The molecule has 1 atom stereocenters. The van der Waals surface area contributed by atoms with E-state index < -0.39 is 10.0 Å². The number of benzene rings is 1. The number of nitrogens with one attached hydrogen (secondary N) is 1. The van der Waals surface area contributed by atoms with Crippen LogP contribution in [0.5, 0.6) is 11.5 Å². The summed E-state index contributed by atoms with van der Waals surface area (Å²) in [6, 6.07) is 3.94. The highest BCUT2D eigenvalue weighted by Crippen LogP contribution is 2.30. The predicted octanol–water partition coefficient (Wildman–Crippen LogP) is 0.451. The quantitative estimate of drug-likeness (QED) is 0.677. The number of aromatic hydroxyl groups is 1. The summed E-state index contributed by atoms with van der Waals surface area (Å²) in [4.78, 5) is 0.0599. The lowest BCUT2D eigenvalue weighted by Gasteiger charge is -2.10. The molecule has 5 nitrogen and oxygen atoms in total. The average Bonchev–Trinajstić information content (AvgIpc) is 2.24. The van der Waals surface area contributed by atoms with E-state index in [4.69, 9.17) is 4.74 Å². The van der Waals surface area contributed by atoms with Gasteiger partial charge in [0.05, 0.1) is 0 Å². The van der Waals surface area contributed by atoms with Crippen LogP contribution in [0.25, 0.3) is 0 Å². The van der Waals surface area contributed by atoms with Crippen LogP contribution in [0.3, 0.4) is 0 Å². The maximum atomic E-state index is 11.7. The van der Waals surface area contributed by atoms with Crippen LogP contribution in [0.15, 0.2) is 23.1 Å². The molecule has 0 fully saturated rings. The van der Waals surface area contributed by atoms with Crippen LogP contribution >= 0.6 is 0 Å². The molecule has 15 heavy (non-hydrogen) atoms. The number of phenolic OH excluding ortho intramolecular Hbond substituents is 1. The largest absolute Gasteiger partial charge is 0.508 e. The number of hydrogen-bond donors (Lipinski definition) is 2. The predicted molar refractivity (Wildman–Crippen MR) is 53.4 cm³/mol. The maximum Gasteiger partial charge on any atom is 0.244 e. The number of fused-ring (bicyclic) bond motifs is 1. The van der Waals surface area contributed by atoms with Crippen molar-refractivity contribution in [2.75, 3.05) is 6.54 Å². The average molecular weight is 229 g/mol. The molecule has 1 aliphatic heterocycles. The minimum atomic E-state index is -3.51. The number of sulfonamides is 1. The Morgan fingerprint density at radius 3 is 3.00 bits per heavy atom. The van der Waals surface area contributed by atoms with Gasteiger partial charge in [-0.1, -0.05) is 0 Å². The lowest BCUT2D eigenvalue weighted by atomic mass is 10.3. The zero-order valence-corrected chi connectivity index (χ0v) is 8.91. The fraction of sp³-hybridized carbons (Fsp3) is 0.333. The first-order valence-electron chi connectivity index (χ1n) is 4.48. The van der Waals surface area contributed by atoms with E-state index >= 15 is 0 Å². The SMILES string of the molecule is C[C@@H]1CNS(=O)(=O)c2ccc(O)cc2O1. The van der Waals surface area contributed by atoms with Crippen molar-refractivity contribution in [1.29, 1.82) is 0 Å². The Labute approximate surface area is 87.7 Å². The van der Waals surface area contributed by atoms with Gasteiger partial charge in [0.25, 0.3) is 0 Å². The van der Waals surface area contributed by atoms with Crippen molar-refractivity contribution in [2.45, 2.75) is 17.9 Å². The number of hydrogen-bond acceptors (Lipinski definition) is 4. The van der Waals surface area contributed by atoms with Crippen molar-refractivity contribution in [3.63, 3.8) is 0 Å². The molecule has 1 aromatic carbocycles. The summed E-state index contributed by atoms with van der Waals surface area (Å²) in [5, 5.41) is 9.24. The minimum Gasteiger partial charge on any atom is -0.508 e. The molecule has 6 heteroatoms. The highest BCUT2D eigenvalue weighted by Gasteiger charge is 2.25. The fourth-order valence-electron chi connectivity index (χ4n) is 1.37. The van der Waals surface area contributed by atoms with Crippen LogP contribution in [0, 0.1) is 0 Å². The van der Waals surface area contributed by atoms with Crippen LogP contribution in [-0.4, -0.2) is 26.2 Å². The first kappa shape index (κ1) is 10.3. The molecule has 0 aromatic heterocycles.